The van der Waals surface area contributed by atoms with Crippen LogP contribution in [-0.2, 0) is 14.9 Å². The van der Waals surface area contributed by atoms with Crippen LogP contribution in [0.25, 0.3) is 0 Å². The summed E-state index contributed by atoms with van der Waals surface area (Å²) >= 11 is 0. The number of nitro groups is 1. The number of nitrogens with one attached hydrogen (secondary N) is 1. The van der Waals surface area contributed by atoms with Crippen molar-refractivity contribution in [3.8, 4) is 5.75 Å². The van der Waals surface area contributed by atoms with Crippen LogP contribution >= 0.6 is 0 Å². The highest BCUT2D eigenvalue weighted by Gasteiger charge is 2.42. The Labute approximate surface area is 176 Å². The lowest BCUT2D eigenvalue weighted by molar-refractivity contribution is -0.384. The number of hydrogen-bond donors (Lipinski definition) is 1. The van der Waals surface area contributed by atoms with Gasteiger partial charge in [-0.2, -0.15) is 0 Å². The number of rotatable bonds is 7. The van der Waals surface area contributed by atoms with Crippen LogP contribution in [0.15, 0.2) is 36.4 Å². The molecule has 160 valence electrons. The number of aryl methyl sites for hydroxylation is 2. The normalized spacial score (nSPS) is 15.4. The minimum absolute atomic E-state index is 0.00952. The number of carbonyl (C=O) groups is 1. The van der Waals surface area contributed by atoms with E-state index in [2.05, 4.69) is 12.2 Å². The second-order valence-corrected chi connectivity index (χ2v) is 7.74. The van der Waals surface area contributed by atoms with Gasteiger partial charge in [-0.3, -0.25) is 14.9 Å². The van der Waals surface area contributed by atoms with Crippen LogP contribution in [0.2, 0.25) is 0 Å². The van der Waals surface area contributed by atoms with Crippen molar-refractivity contribution >= 4 is 17.3 Å². The third kappa shape index (κ3) is 4.46. The monoisotopic (exact) mass is 412 g/mol. The number of carbonyl (C=O) groups excluding carboxylic acids is 1. The second kappa shape index (κ2) is 9.26. The largest absolute Gasteiger partial charge is 0.493 e. The maximum Gasteiger partial charge on any atom is 0.269 e. The predicted molar refractivity (Wildman–Crippen MR) is 115 cm³/mol. The molecule has 1 fully saturated rings. The molecule has 0 aliphatic carbocycles. The van der Waals surface area contributed by atoms with Gasteiger partial charge in [0.15, 0.2) is 0 Å². The molecule has 0 aromatic heterocycles. The summed E-state index contributed by atoms with van der Waals surface area (Å²) in [5.74, 6) is 0.728. The predicted octanol–water partition coefficient (Wildman–Crippen LogP) is 4.69. The van der Waals surface area contributed by atoms with Crippen molar-refractivity contribution in [1.29, 1.82) is 0 Å². The summed E-state index contributed by atoms with van der Waals surface area (Å²) in [6.45, 7) is 7.57. The van der Waals surface area contributed by atoms with E-state index in [0.717, 1.165) is 28.9 Å². The molecule has 0 atom stereocenters. The van der Waals surface area contributed by atoms with E-state index in [1.165, 1.54) is 12.1 Å². The van der Waals surface area contributed by atoms with Gasteiger partial charge < -0.3 is 14.8 Å². The van der Waals surface area contributed by atoms with Gasteiger partial charge in [0.2, 0.25) is 5.91 Å². The van der Waals surface area contributed by atoms with Crippen molar-refractivity contribution in [2.45, 2.75) is 45.4 Å². The first-order valence-corrected chi connectivity index (χ1v) is 10.3. The van der Waals surface area contributed by atoms with Crippen LogP contribution in [-0.4, -0.2) is 30.7 Å². The summed E-state index contributed by atoms with van der Waals surface area (Å²) in [6.07, 6.45) is 1.97. The highest BCUT2D eigenvalue weighted by molar-refractivity contribution is 5.99. The Morgan fingerprint density at radius 2 is 1.77 bits per heavy atom. The Kier molecular flexibility index (Phi) is 6.72. The molecule has 0 saturated carbocycles. The molecule has 0 spiro atoms. The van der Waals surface area contributed by atoms with Crippen molar-refractivity contribution in [3.63, 3.8) is 0 Å². The molecule has 1 saturated heterocycles. The summed E-state index contributed by atoms with van der Waals surface area (Å²) in [5, 5.41) is 14.1. The summed E-state index contributed by atoms with van der Waals surface area (Å²) in [4.78, 5) is 24.0. The molecule has 2 aromatic carbocycles. The van der Waals surface area contributed by atoms with E-state index in [-0.39, 0.29) is 11.6 Å². The standard InChI is InChI=1S/C23H28N2O5/c1-4-11-30-21-16(2)14-19(15-17(21)3)24-22(26)23(9-12-29-13-10-23)18-5-7-20(8-6-18)25(27)28/h5-8,14-15H,4,9-13H2,1-3H3,(H,24,26). The van der Waals surface area contributed by atoms with Gasteiger partial charge >= 0.3 is 0 Å². The number of benzene rings is 2. The van der Waals surface area contributed by atoms with Crippen LogP contribution in [0.5, 0.6) is 5.75 Å². The third-order valence-electron chi connectivity index (χ3n) is 5.58. The number of non-ortho nitro benzene ring substituents is 1. The average Bonchev–Trinajstić information content (AvgIpc) is 2.73. The molecule has 1 aliphatic rings. The maximum atomic E-state index is 13.5. The van der Waals surface area contributed by atoms with Crippen molar-refractivity contribution in [2.24, 2.45) is 0 Å². The van der Waals surface area contributed by atoms with E-state index >= 15 is 0 Å². The van der Waals surface area contributed by atoms with E-state index in [1.807, 2.05) is 26.0 Å². The smallest absolute Gasteiger partial charge is 0.269 e. The molecule has 1 N–H and O–H groups in total. The fourth-order valence-electron chi connectivity index (χ4n) is 3.97. The van der Waals surface area contributed by atoms with Crippen molar-refractivity contribution < 1.29 is 19.2 Å². The number of hydrogen-bond acceptors (Lipinski definition) is 5. The maximum absolute atomic E-state index is 13.5. The second-order valence-electron chi connectivity index (χ2n) is 7.74. The minimum atomic E-state index is -0.785. The molecule has 0 unspecified atom stereocenters. The first kappa shape index (κ1) is 21.8. The number of amides is 1. The molecule has 7 nitrogen and oxygen atoms in total. The quantitative estimate of drug-likeness (QED) is 0.526. The Hall–Kier alpha value is -2.93. The number of nitrogens with zero attached hydrogens (tertiary/aromatic N) is 1. The van der Waals surface area contributed by atoms with E-state index in [1.54, 1.807) is 12.1 Å². The van der Waals surface area contributed by atoms with Gasteiger partial charge in [0.05, 0.1) is 16.9 Å². The van der Waals surface area contributed by atoms with Crippen LogP contribution in [0, 0.1) is 24.0 Å². The zero-order valence-corrected chi connectivity index (χ0v) is 17.7. The van der Waals surface area contributed by atoms with Crippen LogP contribution in [0.3, 0.4) is 0 Å². The van der Waals surface area contributed by atoms with Gasteiger partial charge in [-0.05, 0) is 61.9 Å². The van der Waals surface area contributed by atoms with E-state index in [4.69, 9.17) is 9.47 Å². The molecular weight excluding hydrogens is 384 g/mol. The van der Waals surface area contributed by atoms with Crippen molar-refractivity contribution in [1.82, 2.24) is 0 Å². The number of anilines is 1. The van der Waals surface area contributed by atoms with E-state index in [0.29, 0.717) is 38.3 Å². The fraction of sp³-hybridized carbons (Fsp3) is 0.435. The first-order valence-electron chi connectivity index (χ1n) is 10.3. The van der Waals surface area contributed by atoms with Crippen LogP contribution < -0.4 is 10.1 Å². The van der Waals surface area contributed by atoms with Crippen LogP contribution in [0.1, 0.15) is 42.9 Å². The van der Waals surface area contributed by atoms with Gasteiger partial charge in [-0.15, -0.1) is 0 Å². The SMILES string of the molecule is CCCOc1c(C)cc(NC(=O)C2(c3ccc([N+](=O)[O-])cc3)CCOCC2)cc1C. The van der Waals surface area contributed by atoms with Gasteiger partial charge in [-0.25, -0.2) is 0 Å². The third-order valence-corrected chi connectivity index (χ3v) is 5.58. The number of ether oxygens (including phenoxy) is 2. The zero-order valence-electron chi connectivity index (χ0n) is 17.7. The van der Waals surface area contributed by atoms with E-state index in [9.17, 15) is 14.9 Å². The van der Waals surface area contributed by atoms with Crippen LogP contribution in [0.4, 0.5) is 11.4 Å². The Morgan fingerprint density at radius 3 is 2.30 bits per heavy atom. The molecule has 2 aromatic rings. The fourth-order valence-corrected chi connectivity index (χ4v) is 3.97. The van der Waals surface area contributed by atoms with Gasteiger partial charge in [-0.1, -0.05) is 19.1 Å². The summed E-state index contributed by atoms with van der Waals surface area (Å²) < 4.78 is 11.3. The molecular formula is C23H28N2O5. The summed E-state index contributed by atoms with van der Waals surface area (Å²) in [5.41, 5.74) is 2.64. The number of nitro benzene ring substituents is 1. The lowest BCUT2D eigenvalue weighted by Crippen LogP contribution is -2.44. The highest BCUT2D eigenvalue weighted by atomic mass is 16.6. The molecule has 7 heteroatoms. The molecule has 30 heavy (non-hydrogen) atoms. The molecule has 0 bridgehead atoms. The lowest BCUT2D eigenvalue weighted by Gasteiger charge is -2.36. The minimum Gasteiger partial charge on any atom is -0.493 e. The molecule has 3 rings (SSSR count). The van der Waals surface area contributed by atoms with Gasteiger partial charge in [0, 0.05) is 31.0 Å². The first-order chi connectivity index (χ1) is 14.4. The zero-order chi connectivity index (χ0) is 21.7. The Morgan fingerprint density at radius 1 is 1.17 bits per heavy atom. The molecule has 1 aliphatic heterocycles. The topological polar surface area (TPSA) is 90.7 Å². The Balaban J connectivity index is 1.88. The molecule has 1 amide bonds. The van der Waals surface area contributed by atoms with Crippen molar-refractivity contribution in [2.75, 3.05) is 25.1 Å². The average molecular weight is 412 g/mol. The molecule has 0 radical (unpaired) electrons. The summed E-state index contributed by atoms with van der Waals surface area (Å²) in [6, 6.07) is 10.1. The highest BCUT2D eigenvalue weighted by Crippen LogP contribution is 2.37. The summed E-state index contributed by atoms with van der Waals surface area (Å²) in [7, 11) is 0. The van der Waals surface area contributed by atoms with Gasteiger partial charge in [0.25, 0.3) is 5.69 Å². The van der Waals surface area contributed by atoms with E-state index < -0.39 is 10.3 Å². The Bertz CT molecular complexity index is 895. The van der Waals surface area contributed by atoms with Gasteiger partial charge in [0.1, 0.15) is 5.75 Å². The molecule has 1 heterocycles. The van der Waals surface area contributed by atoms with Crippen molar-refractivity contribution in [3.05, 3.63) is 63.2 Å². The lowest BCUT2D eigenvalue weighted by atomic mass is 9.73.